The van der Waals surface area contributed by atoms with Crippen molar-refractivity contribution in [2.45, 2.75) is 57.6 Å². The summed E-state index contributed by atoms with van der Waals surface area (Å²) in [6, 6.07) is 9.78. The minimum atomic E-state index is -0.448. The summed E-state index contributed by atoms with van der Waals surface area (Å²) in [5, 5.41) is 0.0485. The number of aryl methyl sites for hydroxylation is 1. The smallest absolute Gasteiger partial charge is 0.330 e. The third-order valence-corrected chi connectivity index (χ3v) is 5.19. The van der Waals surface area contributed by atoms with E-state index in [0.29, 0.717) is 12.2 Å². The van der Waals surface area contributed by atoms with E-state index in [-0.39, 0.29) is 23.4 Å². The van der Waals surface area contributed by atoms with E-state index in [1.165, 1.54) is 5.56 Å². The lowest BCUT2D eigenvalue weighted by Gasteiger charge is -2.28. The first-order valence-corrected chi connectivity index (χ1v) is 9.25. The Kier molecular flexibility index (Phi) is 6.51. The lowest BCUT2D eigenvalue weighted by atomic mass is 10.1. The van der Waals surface area contributed by atoms with E-state index < -0.39 is 6.04 Å². The summed E-state index contributed by atoms with van der Waals surface area (Å²) in [5.74, 6) is 0.367. The van der Waals surface area contributed by atoms with E-state index in [4.69, 9.17) is 4.74 Å². The van der Waals surface area contributed by atoms with Crippen molar-refractivity contribution in [2.75, 3.05) is 5.75 Å². The standard InChI is InChI=1S/C18H25NO3S/c1-4-16(20)19-15(18(21)22-13(2)3)12-23-17(19)11-10-14-8-6-5-7-9-14/h5-9,13,15,17H,4,10-12H2,1-3H3. The largest absolute Gasteiger partial charge is 0.461 e. The highest BCUT2D eigenvalue weighted by Gasteiger charge is 2.41. The van der Waals surface area contributed by atoms with Crippen molar-refractivity contribution in [3.8, 4) is 0 Å². The summed E-state index contributed by atoms with van der Waals surface area (Å²) >= 11 is 1.68. The van der Waals surface area contributed by atoms with Crippen molar-refractivity contribution in [2.24, 2.45) is 0 Å². The molecule has 23 heavy (non-hydrogen) atoms. The fourth-order valence-electron chi connectivity index (χ4n) is 2.73. The lowest BCUT2D eigenvalue weighted by Crippen LogP contribution is -2.46. The Morgan fingerprint density at radius 1 is 1.30 bits per heavy atom. The average molecular weight is 335 g/mol. The Hall–Kier alpha value is -1.49. The summed E-state index contributed by atoms with van der Waals surface area (Å²) < 4.78 is 5.32. The van der Waals surface area contributed by atoms with Crippen molar-refractivity contribution < 1.29 is 14.3 Å². The molecule has 5 heteroatoms. The van der Waals surface area contributed by atoms with Crippen LogP contribution in [0.5, 0.6) is 0 Å². The van der Waals surface area contributed by atoms with E-state index in [0.717, 1.165) is 12.8 Å². The number of benzene rings is 1. The van der Waals surface area contributed by atoms with Gasteiger partial charge in [0.1, 0.15) is 6.04 Å². The van der Waals surface area contributed by atoms with Crippen molar-refractivity contribution in [3.63, 3.8) is 0 Å². The van der Waals surface area contributed by atoms with Gasteiger partial charge in [0.25, 0.3) is 0 Å². The molecule has 4 nitrogen and oxygen atoms in total. The monoisotopic (exact) mass is 335 g/mol. The van der Waals surface area contributed by atoms with Gasteiger partial charge in [-0.1, -0.05) is 37.3 Å². The molecule has 1 aliphatic rings. The van der Waals surface area contributed by atoms with Crippen LogP contribution in [-0.4, -0.2) is 40.0 Å². The molecular formula is C18H25NO3S. The van der Waals surface area contributed by atoms with Crippen LogP contribution in [0.25, 0.3) is 0 Å². The molecule has 126 valence electrons. The van der Waals surface area contributed by atoms with Gasteiger partial charge in [0, 0.05) is 12.2 Å². The number of ether oxygens (including phenoxy) is 1. The highest BCUT2D eigenvalue weighted by molar-refractivity contribution is 8.00. The summed E-state index contributed by atoms with van der Waals surface area (Å²) in [4.78, 5) is 26.4. The van der Waals surface area contributed by atoms with Gasteiger partial charge < -0.3 is 9.64 Å². The maximum absolute atomic E-state index is 12.3. The SMILES string of the molecule is CCC(=O)N1C(CCc2ccccc2)SCC1C(=O)OC(C)C. The fourth-order valence-corrected chi connectivity index (χ4v) is 4.14. The Morgan fingerprint density at radius 2 is 2.00 bits per heavy atom. The topological polar surface area (TPSA) is 46.6 Å². The van der Waals surface area contributed by atoms with E-state index in [1.54, 1.807) is 16.7 Å². The van der Waals surface area contributed by atoms with Crippen LogP contribution < -0.4 is 0 Å². The van der Waals surface area contributed by atoms with Gasteiger partial charge in [0.15, 0.2) is 0 Å². The minimum Gasteiger partial charge on any atom is -0.461 e. The molecule has 2 rings (SSSR count). The number of esters is 1. The zero-order chi connectivity index (χ0) is 16.8. The molecule has 0 aromatic heterocycles. The van der Waals surface area contributed by atoms with E-state index in [9.17, 15) is 9.59 Å². The molecule has 0 saturated carbocycles. The van der Waals surface area contributed by atoms with Gasteiger partial charge in [-0.3, -0.25) is 4.79 Å². The maximum atomic E-state index is 12.3. The fraction of sp³-hybridized carbons (Fsp3) is 0.556. The van der Waals surface area contributed by atoms with Gasteiger partial charge in [-0.15, -0.1) is 11.8 Å². The molecule has 1 amide bonds. The number of nitrogens with zero attached hydrogens (tertiary/aromatic N) is 1. The molecule has 2 atom stereocenters. The van der Waals surface area contributed by atoms with Crippen molar-refractivity contribution in [1.29, 1.82) is 0 Å². The highest BCUT2D eigenvalue weighted by Crippen LogP contribution is 2.33. The predicted octanol–water partition coefficient (Wildman–Crippen LogP) is 3.25. The first-order chi connectivity index (χ1) is 11.0. The van der Waals surface area contributed by atoms with E-state index in [1.807, 2.05) is 39.0 Å². The molecule has 0 N–H and O–H groups in total. The predicted molar refractivity (Wildman–Crippen MR) is 93.2 cm³/mol. The Bertz CT molecular complexity index is 532. The number of hydrogen-bond acceptors (Lipinski definition) is 4. The highest BCUT2D eigenvalue weighted by atomic mass is 32.2. The van der Waals surface area contributed by atoms with Crippen LogP contribution in [-0.2, 0) is 20.7 Å². The van der Waals surface area contributed by atoms with Crippen LogP contribution in [0.3, 0.4) is 0 Å². The molecule has 1 aromatic carbocycles. The molecule has 0 radical (unpaired) electrons. The van der Waals surface area contributed by atoms with E-state index >= 15 is 0 Å². The van der Waals surface area contributed by atoms with Crippen LogP contribution in [0, 0.1) is 0 Å². The van der Waals surface area contributed by atoms with Gasteiger partial charge in [-0.2, -0.15) is 0 Å². The van der Waals surface area contributed by atoms with Crippen LogP contribution >= 0.6 is 11.8 Å². The third-order valence-electron chi connectivity index (χ3n) is 3.83. The summed E-state index contributed by atoms with van der Waals surface area (Å²) in [5.41, 5.74) is 1.25. The summed E-state index contributed by atoms with van der Waals surface area (Å²) in [7, 11) is 0. The molecule has 1 aliphatic heterocycles. The number of carbonyl (C=O) groups is 2. The lowest BCUT2D eigenvalue weighted by molar-refractivity contribution is -0.157. The molecule has 2 unspecified atom stereocenters. The van der Waals surface area contributed by atoms with Crippen molar-refractivity contribution in [1.82, 2.24) is 4.90 Å². The van der Waals surface area contributed by atoms with Gasteiger partial charge in [-0.05, 0) is 32.3 Å². The second kappa shape index (κ2) is 8.39. The number of carbonyl (C=O) groups excluding carboxylic acids is 2. The second-order valence-corrected chi connectivity index (χ2v) is 7.18. The molecule has 1 heterocycles. The van der Waals surface area contributed by atoms with Crippen LogP contribution in [0.15, 0.2) is 30.3 Å². The average Bonchev–Trinajstić information content (AvgIpc) is 2.96. The quantitative estimate of drug-likeness (QED) is 0.749. The van der Waals surface area contributed by atoms with Crippen LogP contribution in [0.4, 0.5) is 0 Å². The van der Waals surface area contributed by atoms with Crippen LogP contribution in [0.2, 0.25) is 0 Å². The molecule has 0 spiro atoms. The third kappa shape index (κ3) is 4.74. The van der Waals surface area contributed by atoms with Crippen molar-refractivity contribution in [3.05, 3.63) is 35.9 Å². The zero-order valence-electron chi connectivity index (χ0n) is 14.0. The summed E-state index contributed by atoms with van der Waals surface area (Å²) in [6.45, 7) is 5.50. The normalized spacial score (nSPS) is 20.8. The summed E-state index contributed by atoms with van der Waals surface area (Å²) in [6.07, 6.45) is 2.01. The van der Waals surface area contributed by atoms with Gasteiger partial charge in [0.05, 0.1) is 11.5 Å². The maximum Gasteiger partial charge on any atom is 0.330 e. The molecule has 0 aliphatic carbocycles. The minimum absolute atomic E-state index is 0.0266. The number of hydrogen-bond donors (Lipinski definition) is 0. The van der Waals surface area contributed by atoms with Gasteiger partial charge in [0.2, 0.25) is 5.91 Å². The number of rotatable bonds is 6. The van der Waals surface area contributed by atoms with Crippen molar-refractivity contribution >= 4 is 23.6 Å². The Morgan fingerprint density at radius 3 is 2.61 bits per heavy atom. The Labute approximate surface area is 142 Å². The van der Waals surface area contributed by atoms with Gasteiger partial charge in [-0.25, -0.2) is 4.79 Å². The molecule has 1 aromatic rings. The number of thioether (sulfide) groups is 1. The molecule has 0 bridgehead atoms. The molecule has 1 saturated heterocycles. The first-order valence-electron chi connectivity index (χ1n) is 8.20. The van der Waals surface area contributed by atoms with E-state index in [2.05, 4.69) is 12.1 Å². The zero-order valence-corrected chi connectivity index (χ0v) is 14.8. The molecular weight excluding hydrogens is 310 g/mol. The van der Waals surface area contributed by atoms with Gasteiger partial charge >= 0.3 is 5.97 Å². The molecule has 1 fully saturated rings. The number of amides is 1. The second-order valence-electron chi connectivity index (χ2n) is 5.97. The van der Waals surface area contributed by atoms with Crippen LogP contribution in [0.1, 0.15) is 39.2 Å². The Balaban J connectivity index is 2.04. The first kappa shape index (κ1) is 17.9.